The molecule has 0 radical (unpaired) electrons. The van der Waals surface area contributed by atoms with Crippen LogP contribution in [-0.2, 0) is 9.59 Å². The molecule has 92 valence electrons. The molecule has 0 bridgehead atoms. The summed E-state index contributed by atoms with van der Waals surface area (Å²) in [5.74, 6) is -0.198. The van der Waals surface area contributed by atoms with Crippen LogP contribution in [0.15, 0.2) is 0 Å². The van der Waals surface area contributed by atoms with Gasteiger partial charge in [-0.3, -0.25) is 9.59 Å². The van der Waals surface area contributed by atoms with E-state index in [9.17, 15) is 9.59 Å². The van der Waals surface area contributed by atoms with Gasteiger partial charge in [0, 0.05) is 13.1 Å². The highest BCUT2D eigenvalue weighted by Gasteiger charge is 2.26. The molecule has 3 N–H and O–H groups in total. The van der Waals surface area contributed by atoms with E-state index in [0.717, 1.165) is 12.8 Å². The molecule has 0 heterocycles. The predicted molar refractivity (Wildman–Crippen MR) is 61.6 cm³/mol. The number of hydrogen-bond acceptors (Lipinski definition) is 3. The van der Waals surface area contributed by atoms with Crippen molar-refractivity contribution in [3.05, 3.63) is 0 Å². The molecule has 0 aliphatic heterocycles. The van der Waals surface area contributed by atoms with Gasteiger partial charge < -0.3 is 16.0 Å². The average Bonchev–Trinajstić information content (AvgIpc) is 2.98. The first-order valence-corrected chi connectivity index (χ1v) is 5.71. The van der Waals surface area contributed by atoms with Gasteiger partial charge in [0.2, 0.25) is 11.8 Å². The van der Waals surface area contributed by atoms with Crippen LogP contribution in [0.25, 0.3) is 0 Å². The zero-order valence-corrected chi connectivity index (χ0v) is 10.2. The monoisotopic (exact) mass is 227 g/mol. The molecule has 1 fully saturated rings. The molecule has 0 aromatic heterocycles. The highest BCUT2D eigenvalue weighted by atomic mass is 16.2. The second-order valence-corrected chi connectivity index (χ2v) is 4.81. The van der Waals surface area contributed by atoms with Crippen LogP contribution in [0, 0.1) is 5.92 Å². The Labute approximate surface area is 96.4 Å². The number of carbonyl (C=O) groups excluding carboxylic acids is 2. The van der Waals surface area contributed by atoms with Gasteiger partial charge in [-0.1, -0.05) is 13.8 Å². The van der Waals surface area contributed by atoms with Crippen molar-refractivity contribution in [3.8, 4) is 0 Å². The molecule has 0 saturated heterocycles. The Kier molecular flexibility index (Phi) is 4.29. The van der Waals surface area contributed by atoms with Crippen LogP contribution in [0.3, 0.4) is 0 Å². The van der Waals surface area contributed by atoms with E-state index in [1.165, 1.54) is 4.90 Å². The molecular formula is C11H21N3O2. The van der Waals surface area contributed by atoms with E-state index >= 15 is 0 Å². The van der Waals surface area contributed by atoms with Gasteiger partial charge in [-0.05, 0) is 18.8 Å². The van der Waals surface area contributed by atoms with Crippen molar-refractivity contribution in [1.29, 1.82) is 0 Å². The topological polar surface area (TPSA) is 75.4 Å². The first-order chi connectivity index (χ1) is 7.41. The lowest BCUT2D eigenvalue weighted by Gasteiger charge is -2.22. The lowest BCUT2D eigenvalue weighted by molar-refractivity contribution is -0.136. The number of hydrogen-bond donors (Lipinski definition) is 2. The summed E-state index contributed by atoms with van der Waals surface area (Å²) < 4.78 is 0. The molecule has 0 spiro atoms. The SMILES string of the molecule is CC(C)[C@H](N)C(=O)N(C)CC(=O)NC1CC1. The van der Waals surface area contributed by atoms with Gasteiger partial charge in [0.25, 0.3) is 0 Å². The third kappa shape index (κ3) is 3.81. The fraction of sp³-hybridized carbons (Fsp3) is 0.818. The van der Waals surface area contributed by atoms with Crippen LogP contribution in [0.4, 0.5) is 0 Å². The largest absolute Gasteiger partial charge is 0.352 e. The third-order valence-electron chi connectivity index (χ3n) is 2.70. The van der Waals surface area contributed by atoms with Gasteiger partial charge in [-0.15, -0.1) is 0 Å². The minimum absolute atomic E-state index is 0.0847. The van der Waals surface area contributed by atoms with E-state index in [1.54, 1.807) is 7.05 Å². The Bertz CT molecular complexity index is 274. The Morgan fingerprint density at radius 1 is 1.44 bits per heavy atom. The quantitative estimate of drug-likeness (QED) is 0.677. The number of rotatable bonds is 5. The summed E-state index contributed by atoms with van der Waals surface area (Å²) in [4.78, 5) is 24.6. The summed E-state index contributed by atoms with van der Waals surface area (Å²) in [6, 6.07) is -0.200. The Morgan fingerprint density at radius 2 is 2.00 bits per heavy atom. The zero-order valence-electron chi connectivity index (χ0n) is 10.2. The van der Waals surface area contributed by atoms with Gasteiger partial charge in [0.05, 0.1) is 12.6 Å². The van der Waals surface area contributed by atoms with Crippen molar-refractivity contribution in [1.82, 2.24) is 10.2 Å². The molecule has 1 atom stereocenters. The van der Waals surface area contributed by atoms with Crippen molar-refractivity contribution in [2.45, 2.75) is 38.8 Å². The lowest BCUT2D eigenvalue weighted by atomic mass is 10.0. The molecule has 1 saturated carbocycles. The minimum atomic E-state index is -0.529. The third-order valence-corrected chi connectivity index (χ3v) is 2.70. The van der Waals surface area contributed by atoms with Crippen molar-refractivity contribution in [3.63, 3.8) is 0 Å². The van der Waals surface area contributed by atoms with Gasteiger partial charge in [0.1, 0.15) is 0 Å². The number of likely N-dealkylation sites (N-methyl/N-ethyl adjacent to an activating group) is 1. The first kappa shape index (κ1) is 13.0. The maximum absolute atomic E-state index is 11.7. The van der Waals surface area contributed by atoms with Crippen molar-refractivity contribution in [2.24, 2.45) is 11.7 Å². The van der Waals surface area contributed by atoms with Crippen molar-refractivity contribution >= 4 is 11.8 Å². The number of nitrogens with one attached hydrogen (secondary N) is 1. The van der Waals surface area contributed by atoms with E-state index in [4.69, 9.17) is 5.73 Å². The molecule has 1 aliphatic rings. The van der Waals surface area contributed by atoms with E-state index in [1.807, 2.05) is 13.8 Å². The number of nitrogens with two attached hydrogens (primary N) is 1. The van der Waals surface area contributed by atoms with Gasteiger partial charge in [0.15, 0.2) is 0 Å². The zero-order chi connectivity index (χ0) is 12.3. The molecular weight excluding hydrogens is 206 g/mol. The highest BCUT2D eigenvalue weighted by Crippen LogP contribution is 2.18. The normalized spacial score (nSPS) is 17.1. The van der Waals surface area contributed by atoms with Crippen LogP contribution in [0.5, 0.6) is 0 Å². The maximum Gasteiger partial charge on any atom is 0.239 e. The van der Waals surface area contributed by atoms with E-state index in [2.05, 4.69) is 5.32 Å². The smallest absolute Gasteiger partial charge is 0.239 e. The average molecular weight is 227 g/mol. The molecule has 1 aliphatic carbocycles. The minimum Gasteiger partial charge on any atom is -0.352 e. The second kappa shape index (κ2) is 5.30. The van der Waals surface area contributed by atoms with Gasteiger partial charge in [-0.25, -0.2) is 0 Å². The van der Waals surface area contributed by atoms with Gasteiger partial charge in [-0.2, -0.15) is 0 Å². The molecule has 0 unspecified atom stereocenters. The van der Waals surface area contributed by atoms with Crippen LogP contribution < -0.4 is 11.1 Å². The first-order valence-electron chi connectivity index (χ1n) is 5.71. The molecule has 5 heteroatoms. The van der Waals surface area contributed by atoms with Crippen LogP contribution >= 0.6 is 0 Å². The summed E-state index contributed by atoms with van der Waals surface area (Å²) in [5.41, 5.74) is 5.73. The Balaban J connectivity index is 2.34. The number of amides is 2. The van der Waals surface area contributed by atoms with Crippen molar-refractivity contribution in [2.75, 3.05) is 13.6 Å². The lowest BCUT2D eigenvalue weighted by Crippen LogP contribution is -2.48. The fourth-order valence-corrected chi connectivity index (χ4v) is 1.33. The van der Waals surface area contributed by atoms with Crippen LogP contribution in [-0.4, -0.2) is 42.4 Å². The van der Waals surface area contributed by atoms with Crippen molar-refractivity contribution < 1.29 is 9.59 Å². The van der Waals surface area contributed by atoms with E-state index in [-0.39, 0.29) is 24.3 Å². The van der Waals surface area contributed by atoms with E-state index < -0.39 is 6.04 Å². The van der Waals surface area contributed by atoms with Gasteiger partial charge >= 0.3 is 0 Å². The van der Waals surface area contributed by atoms with Crippen LogP contribution in [0.2, 0.25) is 0 Å². The summed E-state index contributed by atoms with van der Waals surface area (Å²) in [6.45, 7) is 3.87. The second-order valence-electron chi connectivity index (χ2n) is 4.81. The fourth-order valence-electron chi connectivity index (χ4n) is 1.33. The Hall–Kier alpha value is -1.10. The Morgan fingerprint density at radius 3 is 2.44 bits per heavy atom. The highest BCUT2D eigenvalue weighted by molar-refractivity contribution is 5.87. The molecule has 16 heavy (non-hydrogen) atoms. The maximum atomic E-state index is 11.7. The molecule has 1 rings (SSSR count). The summed E-state index contributed by atoms with van der Waals surface area (Å²) in [5, 5.41) is 2.83. The molecule has 0 aromatic rings. The summed E-state index contributed by atoms with van der Waals surface area (Å²) >= 11 is 0. The summed E-state index contributed by atoms with van der Waals surface area (Å²) in [6.07, 6.45) is 2.10. The number of carbonyl (C=O) groups is 2. The van der Waals surface area contributed by atoms with E-state index in [0.29, 0.717) is 6.04 Å². The predicted octanol–water partition coefficient (Wildman–Crippen LogP) is -0.293. The van der Waals surface area contributed by atoms with Crippen LogP contribution in [0.1, 0.15) is 26.7 Å². The molecule has 0 aromatic carbocycles. The molecule has 5 nitrogen and oxygen atoms in total. The molecule has 2 amide bonds. The number of nitrogens with zero attached hydrogens (tertiary/aromatic N) is 1. The standard InChI is InChI=1S/C11H21N3O2/c1-7(2)10(12)11(16)14(3)6-9(15)13-8-4-5-8/h7-8,10H,4-6,12H2,1-3H3,(H,13,15)/t10-/m0/s1. The summed E-state index contributed by atoms with van der Waals surface area (Å²) in [7, 11) is 1.61.